The van der Waals surface area contributed by atoms with E-state index in [1.165, 1.54) is 0 Å². The first-order chi connectivity index (χ1) is 14.5. The molecule has 0 unspecified atom stereocenters. The molecule has 1 aliphatic carbocycles. The molecule has 1 aliphatic heterocycles. The van der Waals surface area contributed by atoms with Gasteiger partial charge in [-0.3, -0.25) is 14.5 Å². The molecule has 1 N–H and O–H groups in total. The molecular formula is C24H26N2O4. The summed E-state index contributed by atoms with van der Waals surface area (Å²) in [6.45, 7) is 1.72. The number of amides is 3. The Bertz CT molecular complexity index is 941. The van der Waals surface area contributed by atoms with Crippen molar-refractivity contribution in [2.45, 2.75) is 44.8 Å². The maximum absolute atomic E-state index is 12.9. The van der Waals surface area contributed by atoms with Crippen LogP contribution in [-0.4, -0.2) is 34.9 Å². The van der Waals surface area contributed by atoms with E-state index < -0.39 is 17.5 Å². The number of hydrogen-bond acceptors (Lipinski definition) is 4. The van der Waals surface area contributed by atoms with Gasteiger partial charge in [-0.1, -0.05) is 74.4 Å². The third-order valence-electron chi connectivity index (χ3n) is 6.25. The number of nitrogens with one attached hydrogen (secondary N) is 1. The van der Waals surface area contributed by atoms with Crippen molar-refractivity contribution in [1.29, 1.82) is 0 Å². The van der Waals surface area contributed by atoms with Gasteiger partial charge in [0.05, 0.1) is 0 Å². The second-order valence-electron chi connectivity index (χ2n) is 8.16. The molecule has 2 fully saturated rings. The maximum Gasteiger partial charge on any atom is 0.326 e. The maximum atomic E-state index is 12.9. The van der Waals surface area contributed by atoms with Crippen molar-refractivity contribution in [2.24, 2.45) is 5.92 Å². The first-order valence-corrected chi connectivity index (χ1v) is 10.4. The highest BCUT2D eigenvalue weighted by molar-refractivity contribution is 6.08. The molecule has 1 saturated carbocycles. The predicted molar refractivity (Wildman–Crippen MR) is 112 cm³/mol. The summed E-state index contributed by atoms with van der Waals surface area (Å²) in [6, 6.07) is 17.3. The smallest absolute Gasteiger partial charge is 0.326 e. The summed E-state index contributed by atoms with van der Waals surface area (Å²) in [5, 5.41) is 2.85. The summed E-state index contributed by atoms with van der Waals surface area (Å²) in [5.74, 6) is -0.832. The second kappa shape index (κ2) is 8.30. The van der Waals surface area contributed by atoms with Crippen LogP contribution in [-0.2, 0) is 20.9 Å². The Morgan fingerprint density at radius 3 is 2.47 bits per heavy atom. The van der Waals surface area contributed by atoms with E-state index in [1.807, 2.05) is 61.5 Å². The number of nitrogens with zero attached hydrogens (tertiary/aromatic N) is 1. The highest BCUT2D eigenvalue weighted by Crippen LogP contribution is 2.38. The Hall–Kier alpha value is -3.15. The number of rotatable bonds is 5. The number of hydrogen-bond donors (Lipinski definition) is 1. The Labute approximate surface area is 176 Å². The van der Waals surface area contributed by atoms with Crippen LogP contribution in [0.5, 0.6) is 0 Å². The van der Waals surface area contributed by atoms with E-state index in [2.05, 4.69) is 5.32 Å². The van der Waals surface area contributed by atoms with E-state index >= 15 is 0 Å². The summed E-state index contributed by atoms with van der Waals surface area (Å²) in [4.78, 5) is 38.6. The lowest BCUT2D eigenvalue weighted by molar-refractivity contribution is -0.149. The summed E-state index contributed by atoms with van der Waals surface area (Å²) < 4.78 is 5.32. The van der Waals surface area contributed by atoms with Crippen LogP contribution in [0, 0.1) is 5.92 Å². The Morgan fingerprint density at radius 1 is 1.07 bits per heavy atom. The van der Waals surface area contributed by atoms with Gasteiger partial charge in [0.15, 0.2) is 0 Å². The predicted octanol–water partition coefficient (Wildman–Crippen LogP) is 3.90. The van der Waals surface area contributed by atoms with Gasteiger partial charge in [-0.25, -0.2) is 4.79 Å². The minimum Gasteiger partial charge on any atom is -0.459 e. The molecule has 2 aliphatic rings. The van der Waals surface area contributed by atoms with Crippen molar-refractivity contribution in [1.82, 2.24) is 10.2 Å². The fourth-order valence-electron chi connectivity index (χ4n) is 4.40. The first-order valence-electron chi connectivity index (χ1n) is 10.4. The van der Waals surface area contributed by atoms with Crippen molar-refractivity contribution in [2.75, 3.05) is 6.54 Å². The zero-order valence-electron chi connectivity index (χ0n) is 17.1. The molecule has 1 saturated heterocycles. The van der Waals surface area contributed by atoms with E-state index in [0.717, 1.165) is 40.9 Å². The molecule has 1 spiro atoms. The number of urea groups is 1. The molecule has 1 heterocycles. The van der Waals surface area contributed by atoms with Crippen molar-refractivity contribution in [3.05, 3.63) is 60.2 Å². The molecule has 0 bridgehead atoms. The van der Waals surface area contributed by atoms with Gasteiger partial charge in [0.2, 0.25) is 0 Å². The first kappa shape index (κ1) is 20.1. The lowest BCUT2D eigenvalue weighted by Crippen LogP contribution is -2.54. The largest absolute Gasteiger partial charge is 0.459 e. The van der Waals surface area contributed by atoms with Crippen LogP contribution >= 0.6 is 0 Å². The molecule has 156 valence electrons. The van der Waals surface area contributed by atoms with Crippen LogP contribution in [0.2, 0.25) is 0 Å². The highest BCUT2D eigenvalue weighted by Gasteiger charge is 2.55. The van der Waals surface area contributed by atoms with Crippen LogP contribution in [0.1, 0.15) is 38.2 Å². The summed E-state index contributed by atoms with van der Waals surface area (Å²) in [6.07, 6.45) is 3.46. The molecule has 3 amide bonds. The lowest BCUT2D eigenvalue weighted by atomic mass is 9.73. The number of imide groups is 1. The number of carbonyl (C=O) groups is 3. The molecule has 30 heavy (non-hydrogen) atoms. The van der Waals surface area contributed by atoms with E-state index in [1.54, 1.807) is 0 Å². The van der Waals surface area contributed by atoms with E-state index in [0.29, 0.717) is 6.42 Å². The Morgan fingerprint density at radius 2 is 1.77 bits per heavy atom. The average Bonchev–Trinajstić information content (AvgIpc) is 3.00. The van der Waals surface area contributed by atoms with Gasteiger partial charge < -0.3 is 10.1 Å². The van der Waals surface area contributed by atoms with E-state index in [-0.39, 0.29) is 25.0 Å². The molecular weight excluding hydrogens is 380 g/mol. The van der Waals surface area contributed by atoms with Gasteiger partial charge in [0, 0.05) is 0 Å². The van der Waals surface area contributed by atoms with Gasteiger partial charge in [-0.05, 0) is 35.4 Å². The summed E-state index contributed by atoms with van der Waals surface area (Å²) in [7, 11) is 0. The van der Waals surface area contributed by atoms with Crippen LogP contribution in [0.15, 0.2) is 54.6 Å². The average molecular weight is 406 g/mol. The van der Waals surface area contributed by atoms with Crippen LogP contribution in [0.4, 0.5) is 4.79 Å². The minimum atomic E-state index is -0.858. The zero-order valence-corrected chi connectivity index (χ0v) is 17.1. The molecule has 6 nitrogen and oxygen atoms in total. The zero-order chi connectivity index (χ0) is 21.1. The van der Waals surface area contributed by atoms with Gasteiger partial charge in [-0.15, -0.1) is 0 Å². The molecule has 0 aromatic heterocycles. The van der Waals surface area contributed by atoms with Crippen molar-refractivity contribution in [3.8, 4) is 11.1 Å². The van der Waals surface area contributed by atoms with Gasteiger partial charge >= 0.3 is 12.0 Å². The number of benzene rings is 2. The normalized spacial score (nSPS) is 23.5. The molecule has 6 heteroatoms. The monoisotopic (exact) mass is 406 g/mol. The molecule has 2 atom stereocenters. The standard InChI is InChI=1S/C24H26N2O4/c1-17-7-5-6-14-24(17)22(28)26(23(29)25-24)15-21(27)30-16-18-10-12-20(13-11-18)19-8-3-2-4-9-19/h2-4,8-13,17H,5-7,14-16H2,1H3,(H,25,29)/t17-,24+/m0/s1. The SMILES string of the molecule is C[C@H]1CCCC[C@@]12NC(=O)N(CC(=O)OCc1ccc(-c3ccccc3)cc1)C2=O. The Balaban J connectivity index is 1.34. The van der Waals surface area contributed by atoms with Crippen LogP contribution < -0.4 is 5.32 Å². The lowest BCUT2D eigenvalue weighted by Gasteiger charge is -2.36. The topological polar surface area (TPSA) is 75.7 Å². The quantitative estimate of drug-likeness (QED) is 0.604. The summed E-state index contributed by atoms with van der Waals surface area (Å²) >= 11 is 0. The fourth-order valence-corrected chi connectivity index (χ4v) is 4.40. The third-order valence-corrected chi connectivity index (χ3v) is 6.25. The fraction of sp³-hybridized carbons (Fsp3) is 0.375. The van der Waals surface area contributed by atoms with Crippen LogP contribution in [0.3, 0.4) is 0 Å². The second-order valence-corrected chi connectivity index (χ2v) is 8.16. The van der Waals surface area contributed by atoms with Gasteiger partial charge in [0.1, 0.15) is 18.7 Å². The number of ether oxygens (including phenoxy) is 1. The minimum absolute atomic E-state index is 0.0619. The van der Waals surface area contributed by atoms with Gasteiger partial charge in [0.25, 0.3) is 5.91 Å². The van der Waals surface area contributed by atoms with Crippen LogP contribution in [0.25, 0.3) is 11.1 Å². The van der Waals surface area contributed by atoms with Crippen molar-refractivity contribution >= 4 is 17.9 Å². The third kappa shape index (κ3) is 3.82. The molecule has 2 aromatic rings. The van der Waals surface area contributed by atoms with Crippen molar-refractivity contribution in [3.63, 3.8) is 0 Å². The van der Waals surface area contributed by atoms with E-state index in [4.69, 9.17) is 4.74 Å². The molecule has 2 aromatic carbocycles. The number of esters is 1. The van der Waals surface area contributed by atoms with Crippen molar-refractivity contribution < 1.29 is 19.1 Å². The Kier molecular flexibility index (Phi) is 5.57. The highest BCUT2D eigenvalue weighted by atomic mass is 16.5. The summed E-state index contributed by atoms with van der Waals surface area (Å²) in [5.41, 5.74) is 2.18. The van der Waals surface area contributed by atoms with E-state index in [9.17, 15) is 14.4 Å². The molecule has 4 rings (SSSR count). The molecule has 0 radical (unpaired) electrons. The number of carbonyl (C=O) groups excluding carboxylic acids is 3. The van der Waals surface area contributed by atoms with Gasteiger partial charge in [-0.2, -0.15) is 0 Å².